The molecule has 128 valence electrons. The molecule has 0 aromatic heterocycles. The molecule has 3 nitrogen and oxygen atoms in total. The van der Waals surface area contributed by atoms with Crippen LogP contribution < -0.4 is 10.1 Å². The molecule has 2 N–H and O–H groups in total. The molecule has 0 heterocycles. The molecule has 0 fully saturated rings. The first-order valence-electron chi connectivity index (χ1n) is 8.53. The van der Waals surface area contributed by atoms with Crippen molar-refractivity contribution in [2.24, 2.45) is 0 Å². The molecule has 1 aliphatic rings. The summed E-state index contributed by atoms with van der Waals surface area (Å²) in [6.45, 7) is 1.50. The summed E-state index contributed by atoms with van der Waals surface area (Å²) in [5, 5.41) is 13.2. The number of halogens is 1. The third-order valence-corrected chi connectivity index (χ3v) is 4.82. The van der Waals surface area contributed by atoms with Crippen LogP contribution in [0.3, 0.4) is 0 Å². The lowest BCUT2D eigenvalue weighted by atomic mass is 9.82. The predicted octanol–water partition coefficient (Wildman–Crippen LogP) is 3.79. The van der Waals surface area contributed by atoms with E-state index in [2.05, 4.69) is 5.32 Å². The van der Waals surface area contributed by atoms with E-state index in [4.69, 9.17) is 4.74 Å². The molecule has 2 aromatic rings. The zero-order valence-corrected chi connectivity index (χ0v) is 14.0. The van der Waals surface area contributed by atoms with Crippen LogP contribution in [0.25, 0.3) is 0 Å². The molecule has 0 amide bonds. The van der Waals surface area contributed by atoms with Gasteiger partial charge >= 0.3 is 0 Å². The second-order valence-corrected chi connectivity index (χ2v) is 6.31. The van der Waals surface area contributed by atoms with Gasteiger partial charge in [0.05, 0.1) is 7.11 Å². The van der Waals surface area contributed by atoms with Crippen LogP contribution in [0.1, 0.15) is 35.4 Å². The van der Waals surface area contributed by atoms with Crippen LogP contribution >= 0.6 is 0 Å². The van der Waals surface area contributed by atoms with E-state index >= 15 is 0 Å². The van der Waals surface area contributed by atoms with E-state index in [1.165, 1.54) is 6.07 Å². The van der Waals surface area contributed by atoms with Crippen molar-refractivity contribution in [3.8, 4) is 11.5 Å². The molecule has 2 aromatic carbocycles. The molecule has 3 rings (SSSR count). The van der Waals surface area contributed by atoms with Gasteiger partial charge in [-0.25, -0.2) is 4.39 Å². The molecule has 0 unspecified atom stereocenters. The predicted molar refractivity (Wildman–Crippen MR) is 93.3 cm³/mol. The second-order valence-electron chi connectivity index (χ2n) is 6.31. The first-order valence-corrected chi connectivity index (χ1v) is 8.53. The molecule has 0 saturated heterocycles. The zero-order chi connectivity index (χ0) is 16.9. The monoisotopic (exact) mass is 329 g/mol. The van der Waals surface area contributed by atoms with Gasteiger partial charge in [0.15, 0.2) is 0 Å². The van der Waals surface area contributed by atoms with E-state index in [9.17, 15) is 9.50 Å². The maximum Gasteiger partial charge on any atom is 0.127 e. The molecule has 0 bridgehead atoms. The highest BCUT2D eigenvalue weighted by Crippen LogP contribution is 2.38. The summed E-state index contributed by atoms with van der Waals surface area (Å²) in [6.07, 6.45) is 3.68. The fraction of sp³-hybridized carbons (Fsp3) is 0.400. The summed E-state index contributed by atoms with van der Waals surface area (Å²) in [6, 6.07) is 10.6. The number of ether oxygens (including phenoxy) is 1. The number of methoxy groups -OCH3 is 1. The van der Waals surface area contributed by atoms with Crippen molar-refractivity contribution in [2.45, 2.75) is 31.6 Å². The first kappa shape index (κ1) is 16.8. The van der Waals surface area contributed by atoms with Gasteiger partial charge in [0, 0.05) is 12.1 Å². The van der Waals surface area contributed by atoms with Crippen LogP contribution in [0, 0.1) is 5.82 Å². The number of nitrogens with one attached hydrogen (secondary N) is 1. The highest BCUT2D eigenvalue weighted by Gasteiger charge is 2.26. The molecule has 1 aliphatic carbocycles. The number of phenolic OH excluding ortho intramolecular Hbond substituents is 1. The Bertz CT molecular complexity index is 702. The SMILES string of the molecule is COc1ccc(F)c2c1CCC[C@@H]2CNCCc1ccccc1O. The van der Waals surface area contributed by atoms with Crippen LogP contribution in [-0.4, -0.2) is 25.3 Å². The molecule has 0 saturated carbocycles. The first-order chi connectivity index (χ1) is 11.7. The molecule has 24 heavy (non-hydrogen) atoms. The molecular weight excluding hydrogens is 305 g/mol. The topological polar surface area (TPSA) is 41.5 Å². The van der Waals surface area contributed by atoms with Gasteiger partial charge in [-0.3, -0.25) is 0 Å². The van der Waals surface area contributed by atoms with Gasteiger partial charge in [0.1, 0.15) is 17.3 Å². The van der Waals surface area contributed by atoms with Crippen molar-refractivity contribution in [3.05, 3.63) is 58.9 Å². The number of aromatic hydroxyl groups is 1. The minimum atomic E-state index is -0.127. The van der Waals surface area contributed by atoms with E-state index in [0.717, 1.165) is 61.2 Å². The number of para-hydroxylation sites is 1. The summed E-state index contributed by atoms with van der Waals surface area (Å²) in [4.78, 5) is 0. The minimum absolute atomic E-state index is 0.127. The lowest BCUT2D eigenvalue weighted by Gasteiger charge is -2.27. The average molecular weight is 329 g/mol. The number of fused-ring (bicyclic) bond motifs is 1. The van der Waals surface area contributed by atoms with E-state index in [-0.39, 0.29) is 11.7 Å². The fourth-order valence-electron chi connectivity index (χ4n) is 3.60. The number of benzene rings is 2. The number of phenols is 1. The summed E-state index contributed by atoms with van der Waals surface area (Å²) in [5.74, 6) is 1.18. The lowest BCUT2D eigenvalue weighted by Crippen LogP contribution is -2.27. The Labute approximate surface area is 142 Å². The molecular formula is C20H24FNO2. The van der Waals surface area contributed by atoms with Crippen LogP contribution in [0.15, 0.2) is 36.4 Å². The van der Waals surface area contributed by atoms with Crippen LogP contribution in [0.4, 0.5) is 4.39 Å². The Morgan fingerprint density at radius 2 is 2.08 bits per heavy atom. The molecule has 0 aliphatic heterocycles. The van der Waals surface area contributed by atoms with E-state index in [0.29, 0.717) is 5.75 Å². The number of rotatable bonds is 6. The molecule has 0 spiro atoms. The van der Waals surface area contributed by atoms with Crippen LogP contribution in [-0.2, 0) is 12.8 Å². The number of hydrogen-bond donors (Lipinski definition) is 2. The van der Waals surface area contributed by atoms with E-state index in [1.54, 1.807) is 19.2 Å². The quantitative estimate of drug-likeness (QED) is 0.792. The summed E-state index contributed by atoms with van der Waals surface area (Å²) < 4.78 is 19.7. The van der Waals surface area contributed by atoms with Crippen molar-refractivity contribution in [1.29, 1.82) is 0 Å². The minimum Gasteiger partial charge on any atom is -0.508 e. The van der Waals surface area contributed by atoms with Crippen molar-refractivity contribution in [2.75, 3.05) is 20.2 Å². The fourth-order valence-corrected chi connectivity index (χ4v) is 3.60. The Morgan fingerprint density at radius 1 is 1.25 bits per heavy atom. The third kappa shape index (κ3) is 3.54. The average Bonchev–Trinajstić information content (AvgIpc) is 2.60. The van der Waals surface area contributed by atoms with Gasteiger partial charge in [-0.15, -0.1) is 0 Å². The highest BCUT2D eigenvalue weighted by atomic mass is 19.1. The smallest absolute Gasteiger partial charge is 0.127 e. The largest absolute Gasteiger partial charge is 0.508 e. The van der Waals surface area contributed by atoms with Gasteiger partial charge in [-0.2, -0.15) is 0 Å². The van der Waals surface area contributed by atoms with Gasteiger partial charge < -0.3 is 15.2 Å². The summed E-state index contributed by atoms with van der Waals surface area (Å²) in [5.41, 5.74) is 2.77. The zero-order valence-electron chi connectivity index (χ0n) is 14.0. The Kier molecular flexibility index (Phi) is 5.36. The summed E-state index contributed by atoms with van der Waals surface area (Å²) in [7, 11) is 1.64. The van der Waals surface area contributed by atoms with Gasteiger partial charge in [0.2, 0.25) is 0 Å². The van der Waals surface area contributed by atoms with Crippen molar-refractivity contribution >= 4 is 0 Å². The van der Waals surface area contributed by atoms with Gasteiger partial charge in [0.25, 0.3) is 0 Å². The Hall–Kier alpha value is -2.07. The van der Waals surface area contributed by atoms with Crippen molar-refractivity contribution in [1.82, 2.24) is 5.32 Å². The Balaban J connectivity index is 1.63. The number of hydrogen-bond acceptors (Lipinski definition) is 3. The highest BCUT2D eigenvalue weighted by molar-refractivity contribution is 5.44. The van der Waals surface area contributed by atoms with Gasteiger partial charge in [-0.1, -0.05) is 18.2 Å². The van der Waals surface area contributed by atoms with Crippen molar-refractivity contribution < 1.29 is 14.2 Å². The van der Waals surface area contributed by atoms with Gasteiger partial charge in [-0.05, 0) is 67.5 Å². The Morgan fingerprint density at radius 3 is 2.88 bits per heavy atom. The van der Waals surface area contributed by atoms with E-state index in [1.807, 2.05) is 18.2 Å². The maximum absolute atomic E-state index is 14.3. The second kappa shape index (κ2) is 7.67. The maximum atomic E-state index is 14.3. The molecule has 0 radical (unpaired) electrons. The standard InChI is InChI=1S/C20H24FNO2/c1-24-19-10-9-17(21)20-15(6-4-7-16(19)20)13-22-12-11-14-5-2-3-8-18(14)23/h2-3,5,8-10,15,22-23H,4,6-7,11-13H2,1H3/t15-/m1/s1. The molecule has 1 atom stereocenters. The molecule has 4 heteroatoms. The normalized spacial score (nSPS) is 16.7. The third-order valence-electron chi connectivity index (χ3n) is 4.82. The van der Waals surface area contributed by atoms with Crippen LogP contribution in [0.5, 0.6) is 11.5 Å². The van der Waals surface area contributed by atoms with Crippen molar-refractivity contribution in [3.63, 3.8) is 0 Å². The van der Waals surface area contributed by atoms with E-state index < -0.39 is 0 Å². The summed E-state index contributed by atoms with van der Waals surface area (Å²) >= 11 is 0. The van der Waals surface area contributed by atoms with Crippen LogP contribution in [0.2, 0.25) is 0 Å². The lowest BCUT2D eigenvalue weighted by molar-refractivity contribution is 0.396.